The highest BCUT2D eigenvalue weighted by atomic mass is 35.5. The summed E-state index contributed by atoms with van der Waals surface area (Å²) in [5.41, 5.74) is 4.24. The van der Waals surface area contributed by atoms with E-state index < -0.39 is 0 Å². The van der Waals surface area contributed by atoms with Crippen LogP contribution in [0, 0.1) is 12.8 Å². The van der Waals surface area contributed by atoms with Gasteiger partial charge >= 0.3 is 0 Å². The standard InChI is InChI=1S/C26H24ClN3O3S/c1-15(2)14-32-19-8-5-17(6-9-19)24(31)30-26(34)28-18-7-10-21(27)20(13-18)25-29-22-11-4-16(3)12-23(22)33-25/h4-13,15H,14H2,1-3H3,(H2,28,30,31,34). The number of fused-ring (bicyclic) bond motifs is 1. The van der Waals surface area contributed by atoms with Crippen LogP contribution >= 0.6 is 23.8 Å². The van der Waals surface area contributed by atoms with Crippen molar-refractivity contribution in [3.8, 4) is 17.2 Å². The van der Waals surface area contributed by atoms with Crippen LogP contribution in [0.3, 0.4) is 0 Å². The smallest absolute Gasteiger partial charge is 0.257 e. The summed E-state index contributed by atoms with van der Waals surface area (Å²) >= 11 is 11.7. The lowest BCUT2D eigenvalue weighted by Gasteiger charge is -2.12. The SMILES string of the molecule is Cc1ccc2nc(-c3cc(NC(=S)NC(=O)c4ccc(OCC(C)C)cc4)ccc3Cl)oc2c1. The van der Waals surface area contributed by atoms with Crippen LogP contribution in [-0.4, -0.2) is 22.6 Å². The number of aryl methyl sites for hydroxylation is 1. The van der Waals surface area contributed by atoms with E-state index in [2.05, 4.69) is 29.5 Å². The summed E-state index contributed by atoms with van der Waals surface area (Å²) < 4.78 is 11.6. The summed E-state index contributed by atoms with van der Waals surface area (Å²) in [7, 11) is 0. The van der Waals surface area contributed by atoms with Crippen molar-refractivity contribution in [2.45, 2.75) is 20.8 Å². The maximum Gasteiger partial charge on any atom is 0.257 e. The number of carbonyl (C=O) groups excluding carboxylic acids is 1. The van der Waals surface area contributed by atoms with Crippen molar-refractivity contribution in [1.29, 1.82) is 0 Å². The van der Waals surface area contributed by atoms with Crippen molar-refractivity contribution in [2.75, 3.05) is 11.9 Å². The van der Waals surface area contributed by atoms with Gasteiger partial charge in [0, 0.05) is 11.3 Å². The van der Waals surface area contributed by atoms with Gasteiger partial charge in [-0.3, -0.25) is 10.1 Å². The molecule has 6 nitrogen and oxygen atoms in total. The van der Waals surface area contributed by atoms with Crippen molar-refractivity contribution in [3.63, 3.8) is 0 Å². The second-order valence-electron chi connectivity index (χ2n) is 8.32. The molecule has 1 aromatic heterocycles. The van der Waals surface area contributed by atoms with Gasteiger partial charge in [-0.1, -0.05) is 31.5 Å². The molecule has 1 amide bonds. The molecular formula is C26H24ClN3O3S. The fourth-order valence-corrected chi connectivity index (χ4v) is 3.63. The lowest BCUT2D eigenvalue weighted by molar-refractivity contribution is 0.0977. The van der Waals surface area contributed by atoms with E-state index >= 15 is 0 Å². The Balaban J connectivity index is 1.43. The molecule has 0 saturated carbocycles. The average Bonchev–Trinajstić information content (AvgIpc) is 3.22. The summed E-state index contributed by atoms with van der Waals surface area (Å²) in [4.78, 5) is 17.1. The van der Waals surface area contributed by atoms with Crippen LogP contribution in [0.4, 0.5) is 5.69 Å². The minimum Gasteiger partial charge on any atom is -0.493 e. The number of hydrogen-bond acceptors (Lipinski definition) is 5. The average molecular weight is 494 g/mol. The van der Waals surface area contributed by atoms with Crippen LogP contribution in [0.1, 0.15) is 29.8 Å². The number of rotatable bonds is 6. The summed E-state index contributed by atoms with van der Waals surface area (Å²) in [5, 5.41) is 6.35. The number of amides is 1. The van der Waals surface area contributed by atoms with Crippen molar-refractivity contribution in [1.82, 2.24) is 10.3 Å². The highest BCUT2D eigenvalue weighted by Crippen LogP contribution is 2.32. The Morgan fingerprint density at radius 1 is 1.12 bits per heavy atom. The quantitative estimate of drug-likeness (QED) is 0.294. The van der Waals surface area contributed by atoms with Crippen molar-refractivity contribution >= 4 is 51.6 Å². The summed E-state index contributed by atoms with van der Waals surface area (Å²) in [6.07, 6.45) is 0. The molecule has 0 saturated heterocycles. The molecule has 0 unspecified atom stereocenters. The molecule has 0 fully saturated rings. The van der Waals surface area contributed by atoms with Crippen LogP contribution in [0.25, 0.3) is 22.6 Å². The summed E-state index contributed by atoms with van der Waals surface area (Å²) in [6.45, 7) is 6.76. The number of nitrogens with one attached hydrogen (secondary N) is 2. The van der Waals surface area contributed by atoms with Crippen LogP contribution in [0.2, 0.25) is 5.02 Å². The third-order valence-electron chi connectivity index (χ3n) is 4.93. The van der Waals surface area contributed by atoms with Gasteiger partial charge in [0.1, 0.15) is 11.3 Å². The van der Waals surface area contributed by atoms with Gasteiger partial charge in [0.15, 0.2) is 10.7 Å². The lowest BCUT2D eigenvalue weighted by Crippen LogP contribution is -2.34. The first-order valence-corrected chi connectivity index (χ1v) is 11.6. The minimum atomic E-state index is -0.323. The molecule has 4 rings (SSSR count). The molecule has 0 atom stereocenters. The Kier molecular flexibility index (Phi) is 7.14. The first kappa shape index (κ1) is 23.7. The molecule has 174 valence electrons. The normalized spacial score (nSPS) is 11.0. The molecule has 8 heteroatoms. The first-order chi connectivity index (χ1) is 16.3. The topological polar surface area (TPSA) is 76.4 Å². The van der Waals surface area contributed by atoms with Crippen LogP contribution in [0.15, 0.2) is 65.1 Å². The molecule has 4 aromatic rings. The number of anilines is 1. The highest BCUT2D eigenvalue weighted by molar-refractivity contribution is 7.80. The molecule has 0 aliphatic carbocycles. The number of thiocarbonyl (C=S) groups is 1. The predicted octanol–water partition coefficient (Wildman–Crippen LogP) is 6.62. The maximum atomic E-state index is 12.6. The van der Waals surface area contributed by atoms with E-state index in [1.54, 1.807) is 42.5 Å². The Hall–Kier alpha value is -3.42. The number of halogens is 1. The number of nitrogens with zero attached hydrogens (tertiary/aromatic N) is 1. The minimum absolute atomic E-state index is 0.159. The Morgan fingerprint density at radius 2 is 1.88 bits per heavy atom. The van der Waals surface area contributed by atoms with Crippen molar-refractivity contribution < 1.29 is 13.9 Å². The first-order valence-electron chi connectivity index (χ1n) is 10.8. The molecule has 2 N–H and O–H groups in total. The molecule has 0 aliphatic heterocycles. The monoisotopic (exact) mass is 493 g/mol. The van der Waals surface area contributed by atoms with Gasteiger partial charge in [0.25, 0.3) is 5.91 Å². The van der Waals surface area contributed by atoms with Gasteiger partial charge < -0.3 is 14.5 Å². The molecule has 0 bridgehead atoms. The zero-order valence-electron chi connectivity index (χ0n) is 19.0. The largest absolute Gasteiger partial charge is 0.493 e. The van der Waals surface area contributed by atoms with E-state index in [1.807, 2.05) is 25.1 Å². The van der Waals surface area contributed by atoms with E-state index in [1.165, 1.54) is 0 Å². The van der Waals surface area contributed by atoms with Gasteiger partial charge in [-0.25, -0.2) is 4.98 Å². The summed E-state index contributed by atoms with van der Waals surface area (Å²) in [6, 6.07) is 18.0. The van der Waals surface area contributed by atoms with Gasteiger partial charge in [0.2, 0.25) is 5.89 Å². The number of benzene rings is 3. The number of ether oxygens (including phenoxy) is 1. The third kappa shape index (κ3) is 5.73. The zero-order chi connectivity index (χ0) is 24.2. The van der Waals surface area contributed by atoms with Crippen LogP contribution in [-0.2, 0) is 0 Å². The second-order valence-corrected chi connectivity index (χ2v) is 9.14. The van der Waals surface area contributed by atoms with Crippen LogP contribution in [0.5, 0.6) is 5.75 Å². The van der Waals surface area contributed by atoms with Gasteiger partial charge in [-0.15, -0.1) is 0 Å². The Labute approximate surface area is 208 Å². The molecular weight excluding hydrogens is 470 g/mol. The molecule has 34 heavy (non-hydrogen) atoms. The van der Waals surface area contributed by atoms with Crippen molar-refractivity contribution in [2.24, 2.45) is 5.92 Å². The molecule has 0 aliphatic rings. The Bertz CT molecular complexity index is 1350. The van der Waals surface area contributed by atoms with E-state index in [0.29, 0.717) is 51.6 Å². The lowest BCUT2D eigenvalue weighted by atomic mass is 10.2. The summed E-state index contributed by atoms with van der Waals surface area (Å²) in [5.74, 6) is 1.22. The molecule has 1 heterocycles. The fourth-order valence-electron chi connectivity index (χ4n) is 3.22. The van der Waals surface area contributed by atoms with E-state index in [4.69, 9.17) is 33.0 Å². The molecule has 3 aromatic carbocycles. The van der Waals surface area contributed by atoms with Gasteiger partial charge in [-0.05, 0) is 85.2 Å². The van der Waals surface area contributed by atoms with Crippen LogP contribution < -0.4 is 15.4 Å². The number of hydrogen-bond donors (Lipinski definition) is 2. The van der Waals surface area contributed by atoms with Crippen molar-refractivity contribution in [3.05, 3.63) is 76.8 Å². The molecule has 0 spiro atoms. The van der Waals surface area contributed by atoms with Gasteiger partial charge in [0.05, 0.1) is 17.2 Å². The number of oxazole rings is 1. The maximum absolute atomic E-state index is 12.6. The van der Waals surface area contributed by atoms with E-state index in [0.717, 1.165) is 11.1 Å². The zero-order valence-corrected chi connectivity index (χ0v) is 20.6. The van der Waals surface area contributed by atoms with Gasteiger partial charge in [-0.2, -0.15) is 0 Å². The second kappa shape index (κ2) is 10.2. The third-order valence-corrected chi connectivity index (χ3v) is 5.46. The predicted molar refractivity (Wildman–Crippen MR) is 140 cm³/mol. The number of aromatic nitrogens is 1. The molecule has 0 radical (unpaired) electrons. The van der Waals surface area contributed by atoms with E-state index in [9.17, 15) is 4.79 Å². The van der Waals surface area contributed by atoms with E-state index in [-0.39, 0.29) is 11.0 Å². The highest BCUT2D eigenvalue weighted by Gasteiger charge is 2.14. The number of carbonyl (C=O) groups is 1. The fraction of sp³-hybridized carbons (Fsp3) is 0.192. The Morgan fingerprint density at radius 3 is 2.62 bits per heavy atom.